The van der Waals surface area contributed by atoms with Gasteiger partial charge in [-0.3, -0.25) is 4.90 Å². The first-order chi connectivity index (χ1) is 20.9. The lowest BCUT2D eigenvalue weighted by atomic mass is 10.0. The van der Waals surface area contributed by atoms with Gasteiger partial charge in [0.15, 0.2) is 11.6 Å². The van der Waals surface area contributed by atoms with E-state index in [0.717, 1.165) is 75.7 Å². The maximum Gasteiger partial charge on any atom is 0.232 e. The number of halogens is 2. The molecule has 5 rings (SSSR count). The number of ether oxygens (including phenoxy) is 3. The Morgan fingerprint density at radius 3 is 2.30 bits per heavy atom. The van der Waals surface area contributed by atoms with E-state index in [2.05, 4.69) is 43.1 Å². The predicted molar refractivity (Wildman–Crippen MR) is 164 cm³/mol. The normalized spacial score (nSPS) is 16.7. The lowest BCUT2D eigenvalue weighted by Crippen LogP contribution is -2.52. The van der Waals surface area contributed by atoms with E-state index in [9.17, 15) is 8.78 Å². The van der Waals surface area contributed by atoms with Crippen LogP contribution in [-0.4, -0.2) is 86.3 Å². The SMILES string of the molecule is CCCc1cc(OC)c(F)c(COc2cnc(Nc3ccc(N4CCC(N5CCN(C)CC5)CC4)c(OC)c3)cn2)c1F. The van der Waals surface area contributed by atoms with Crippen LogP contribution in [-0.2, 0) is 13.0 Å². The summed E-state index contributed by atoms with van der Waals surface area (Å²) in [4.78, 5) is 16.1. The third-order valence-electron chi connectivity index (χ3n) is 8.38. The molecule has 2 aliphatic heterocycles. The van der Waals surface area contributed by atoms with Crippen molar-refractivity contribution in [3.63, 3.8) is 0 Å². The van der Waals surface area contributed by atoms with Gasteiger partial charge in [-0.15, -0.1) is 0 Å². The monoisotopic (exact) mass is 596 g/mol. The third kappa shape index (κ3) is 7.27. The number of piperazine rings is 1. The van der Waals surface area contributed by atoms with E-state index < -0.39 is 11.6 Å². The van der Waals surface area contributed by atoms with E-state index in [0.29, 0.717) is 23.8 Å². The van der Waals surface area contributed by atoms with Gasteiger partial charge in [0.05, 0.1) is 37.9 Å². The second-order valence-corrected chi connectivity index (χ2v) is 11.2. The summed E-state index contributed by atoms with van der Waals surface area (Å²) in [5, 5.41) is 3.24. The van der Waals surface area contributed by atoms with Crippen molar-refractivity contribution in [3.8, 4) is 17.4 Å². The molecule has 0 amide bonds. The molecular weight excluding hydrogens is 554 g/mol. The molecule has 2 aliphatic rings. The Bertz CT molecular complexity index is 1360. The van der Waals surface area contributed by atoms with Crippen molar-refractivity contribution in [2.45, 2.75) is 45.3 Å². The molecule has 0 atom stereocenters. The van der Waals surface area contributed by atoms with Gasteiger partial charge in [-0.25, -0.2) is 18.7 Å². The fourth-order valence-corrected chi connectivity index (χ4v) is 5.88. The summed E-state index contributed by atoms with van der Waals surface area (Å²) >= 11 is 0. The number of aromatic nitrogens is 2. The van der Waals surface area contributed by atoms with Gasteiger partial charge in [-0.2, -0.15) is 0 Å². The highest BCUT2D eigenvalue weighted by molar-refractivity contribution is 5.68. The highest BCUT2D eigenvalue weighted by Crippen LogP contribution is 2.35. The van der Waals surface area contributed by atoms with Crippen molar-refractivity contribution >= 4 is 17.2 Å². The number of hydrogen-bond acceptors (Lipinski definition) is 9. The summed E-state index contributed by atoms with van der Waals surface area (Å²) in [7, 11) is 5.24. The Hall–Kier alpha value is -3.70. The molecule has 0 unspecified atom stereocenters. The molecule has 2 aromatic carbocycles. The molecule has 9 nitrogen and oxygen atoms in total. The fraction of sp³-hybridized carbons (Fsp3) is 0.500. The number of piperidine rings is 1. The first kappa shape index (κ1) is 30.7. The fourth-order valence-electron chi connectivity index (χ4n) is 5.88. The Balaban J connectivity index is 1.18. The maximum atomic E-state index is 14.9. The Kier molecular flexibility index (Phi) is 10.1. The number of rotatable bonds is 11. The number of nitrogens with one attached hydrogen (secondary N) is 1. The zero-order valence-corrected chi connectivity index (χ0v) is 25.5. The first-order valence-corrected chi connectivity index (χ1v) is 15.0. The highest BCUT2D eigenvalue weighted by atomic mass is 19.1. The van der Waals surface area contributed by atoms with E-state index in [1.54, 1.807) is 7.11 Å². The molecule has 43 heavy (non-hydrogen) atoms. The van der Waals surface area contributed by atoms with E-state index in [-0.39, 0.29) is 23.8 Å². The molecule has 0 aliphatic carbocycles. The summed E-state index contributed by atoms with van der Waals surface area (Å²) in [6.07, 6.45) is 6.41. The predicted octanol–water partition coefficient (Wildman–Crippen LogP) is 5.26. The van der Waals surface area contributed by atoms with Gasteiger partial charge in [0.25, 0.3) is 0 Å². The zero-order chi connectivity index (χ0) is 30.3. The third-order valence-corrected chi connectivity index (χ3v) is 8.38. The van der Waals surface area contributed by atoms with Crippen LogP contribution >= 0.6 is 0 Å². The van der Waals surface area contributed by atoms with Crippen molar-refractivity contribution in [2.24, 2.45) is 0 Å². The van der Waals surface area contributed by atoms with Gasteiger partial charge >= 0.3 is 0 Å². The van der Waals surface area contributed by atoms with Crippen LogP contribution in [0.1, 0.15) is 37.3 Å². The lowest BCUT2D eigenvalue weighted by Gasteiger charge is -2.42. The van der Waals surface area contributed by atoms with Crippen LogP contribution in [0.15, 0.2) is 36.7 Å². The summed E-state index contributed by atoms with van der Waals surface area (Å²) in [5.41, 5.74) is 2.09. The topological polar surface area (TPSA) is 75.2 Å². The second-order valence-electron chi connectivity index (χ2n) is 11.2. The van der Waals surface area contributed by atoms with E-state index in [1.807, 2.05) is 19.1 Å². The van der Waals surface area contributed by atoms with Crippen LogP contribution in [0, 0.1) is 11.6 Å². The second kappa shape index (κ2) is 14.2. The van der Waals surface area contributed by atoms with Gasteiger partial charge in [-0.1, -0.05) is 13.3 Å². The van der Waals surface area contributed by atoms with E-state index in [4.69, 9.17) is 14.2 Å². The molecule has 0 spiro atoms. The molecule has 1 N–H and O–H groups in total. The first-order valence-electron chi connectivity index (χ1n) is 15.0. The Labute approximate surface area is 252 Å². The van der Waals surface area contributed by atoms with Crippen molar-refractivity contribution in [3.05, 3.63) is 59.4 Å². The van der Waals surface area contributed by atoms with Crippen LogP contribution in [0.4, 0.5) is 26.0 Å². The molecular formula is C32H42F2N6O3. The number of aryl methyl sites for hydroxylation is 1. The molecule has 0 bridgehead atoms. The molecule has 1 aromatic heterocycles. The highest BCUT2D eigenvalue weighted by Gasteiger charge is 2.28. The lowest BCUT2D eigenvalue weighted by molar-refractivity contribution is 0.0981. The minimum atomic E-state index is -0.775. The molecule has 11 heteroatoms. The van der Waals surface area contributed by atoms with Crippen LogP contribution in [0.3, 0.4) is 0 Å². The number of anilines is 3. The molecule has 3 heterocycles. The van der Waals surface area contributed by atoms with E-state index in [1.165, 1.54) is 25.6 Å². The summed E-state index contributed by atoms with van der Waals surface area (Å²) in [6.45, 7) is 8.18. The minimum absolute atomic E-state index is 0.00864. The molecule has 0 radical (unpaired) electrons. The summed E-state index contributed by atoms with van der Waals surface area (Å²) in [5.74, 6) is 0.0359. The number of methoxy groups -OCH3 is 2. The van der Waals surface area contributed by atoms with Gasteiger partial charge in [0.1, 0.15) is 24.0 Å². The molecule has 2 fully saturated rings. The number of nitrogens with zero attached hydrogens (tertiary/aromatic N) is 5. The minimum Gasteiger partial charge on any atom is -0.495 e. The average Bonchev–Trinajstić information content (AvgIpc) is 3.03. The molecule has 0 saturated carbocycles. The largest absolute Gasteiger partial charge is 0.495 e. The van der Waals surface area contributed by atoms with Crippen molar-refractivity contribution < 1.29 is 23.0 Å². The summed E-state index contributed by atoms with van der Waals surface area (Å²) in [6, 6.07) is 8.08. The summed E-state index contributed by atoms with van der Waals surface area (Å²) < 4.78 is 46.1. The zero-order valence-electron chi connectivity index (χ0n) is 25.5. The van der Waals surface area contributed by atoms with Gasteiger partial charge in [0.2, 0.25) is 5.88 Å². The van der Waals surface area contributed by atoms with Crippen molar-refractivity contribution in [1.82, 2.24) is 19.8 Å². The standard InChI is InChI=1S/C32H42F2N6O3/c1-5-6-22-17-28(42-4)32(34)25(31(22)33)21-43-30-20-35-29(19-36-30)37-23-7-8-26(27(18-23)41-3)40-11-9-24(10-12-40)39-15-13-38(2)14-16-39/h7-8,17-20,24H,5-6,9-16,21H2,1-4H3,(H,35,37). The Morgan fingerprint density at radius 2 is 1.65 bits per heavy atom. The maximum absolute atomic E-state index is 14.9. The number of benzene rings is 2. The number of hydrogen-bond donors (Lipinski definition) is 1. The molecule has 2 saturated heterocycles. The van der Waals surface area contributed by atoms with Gasteiger partial charge in [0, 0.05) is 57.1 Å². The van der Waals surface area contributed by atoms with Crippen LogP contribution in [0.5, 0.6) is 17.4 Å². The van der Waals surface area contributed by atoms with Crippen LogP contribution < -0.4 is 24.4 Å². The van der Waals surface area contributed by atoms with Crippen molar-refractivity contribution in [2.75, 3.05) is 70.8 Å². The van der Waals surface area contributed by atoms with Crippen LogP contribution in [0.2, 0.25) is 0 Å². The van der Waals surface area contributed by atoms with Crippen LogP contribution in [0.25, 0.3) is 0 Å². The van der Waals surface area contributed by atoms with Gasteiger partial charge in [-0.05, 0) is 50.1 Å². The van der Waals surface area contributed by atoms with E-state index >= 15 is 0 Å². The number of likely N-dealkylation sites (N-methyl/N-ethyl adjacent to an activating group) is 1. The Morgan fingerprint density at radius 1 is 0.907 bits per heavy atom. The average molecular weight is 597 g/mol. The van der Waals surface area contributed by atoms with Gasteiger partial charge < -0.3 is 29.3 Å². The van der Waals surface area contributed by atoms with Crippen molar-refractivity contribution in [1.29, 1.82) is 0 Å². The smallest absolute Gasteiger partial charge is 0.232 e. The quantitative estimate of drug-likeness (QED) is 0.319. The molecule has 3 aromatic rings. The molecule has 232 valence electrons.